The fraction of sp³-hybridized carbons (Fsp3) is 0.958. The summed E-state index contributed by atoms with van der Waals surface area (Å²) in [6.45, 7) is 8.05. The van der Waals surface area contributed by atoms with Crippen LogP contribution in [0.1, 0.15) is 111 Å². The van der Waals surface area contributed by atoms with Crippen molar-refractivity contribution in [3.63, 3.8) is 0 Å². The molecule has 1 heterocycles. The monoisotopic (exact) mass is 376 g/mol. The van der Waals surface area contributed by atoms with Crippen molar-refractivity contribution in [3.05, 3.63) is 0 Å². The lowest BCUT2D eigenvalue weighted by molar-refractivity contribution is -0.129. The first-order valence-corrected chi connectivity index (χ1v) is 11.9. The van der Waals surface area contributed by atoms with Gasteiger partial charge in [0.2, 0.25) is 5.91 Å². The number of rotatable bonds is 3. The first kappa shape index (κ1) is 21.1. The molecule has 1 spiro atoms. The molecule has 0 aromatic carbocycles. The van der Waals surface area contributed by atoms with Crippen molar-refractivity contribution in [1.29, 1.82) is 0 Å². The Morgan fingerprint density at radius 2 is 1.63 bits per heavy atom. The van der Waals surface area contributed by atoms with Crippen LogP contribution < -0.4 is 10.6 Å². The molecule has 3 unspecified atom stereocenters. The van der Waals surface area contributed by atoms with Crippen LogP contribution in [0, 0.1) is 16.7 Å². The Morgan fingerprint density at radius 3 is 2.33 bits per heavy atom. The van der Waals surface area contributed by atoms with E-state index in [-0.39, 0.29) is 11.5 Å². The third-order valence-corrected chi connectivity index (χ3v) is 7.45. The van der Waals surface area contributed by atoms with Gasteiger partial charge in [-0.2, -0.15) is 0 Å². The van der Waals surface area contributed by atoms with Crippen LogP contribution >= 0.6 is 0 Å². The highest BCUT2D eigenvalue weighted by Crippen LogP contribution is 2.43. The van der Waals surface area contributed by atoms with Gasteiger partial charge < -0.3 is 10.6 Å². The molecule has 3 heteroatoms. The average molecular weight is 377 g/mol. The zero-order chi connectivity index (χ0) is 19.3. The second-order valence-electron chi connectivity index (χ2n) is 11.1. The van der Waals surface area contributed by atoms with Gasteiger partial charge in [-0.05, 0) is 68.2 Å². The quantitative estimate of drug-likeness (QED) is 0.675. The van der Waals surface area contributed by atoms with Crippen molar-refractivity contribution in [3.8, 4) is 0 Å². The lowest BCUT2D eigenvalue weighted by Crippen LogP contribution is -2.59. The number of carbonyl (C=O) groups excluding carboxylic acids is 1. The molecule has 1 amide bonds. The highest BCUT2D eigenvalue weighted by atomic mass is 16.2. The van der Waals surface area contributed by atoms with Crippen molar-refractivity contribution in [1.82, 2.24) is 10.6 Å². The standard InChI is InChI=1S/C24H44N2O/c1-23(2,3)18-19-11-9-12-20(17-19)26-22(27)21-24(15-10-16-25-21)13-7-5-4-6-8-14-24/h19-21,25H,4-18H2,1-3H3,(H,26,27). The minimum absolute atomic E-state index is 0.0485. The van der Waals surface area contributed by atoms with E-state index in [1.807, 2.05) is 0 Å². The predicted octanol–water partition coefficient (Wildman–Crippen LogP) is 5.58. The van der Waals surface area contributed by atoms with Gasteiger partial charge >= 0.3 is 0 Å². The Balaban J connectivity index is 1.61. The molecule has 2 saturated carbocycles. The molecule has 2 N–H and O–H groups in total. The Morgan fingerprint density at radius 1 is 0.963 bits per heavy atom. The summed E-state index contributed by atoms with van der Waals surface area (Å²) in [5.41, 5.74) is 0.618. The number of carbonyl (C=O) groups is 1. The second-order valence-corrected chi connectivity index (χ2v) is 11.1. The molecule has 3 atom stereocenters. The van der Waals surface area contributed by atoms with Gasteiger partial charge in [0.1, 0.15) is 0 Å². The molecule has 3 nitrogen and oxygen atoms in total. The predicted molar refractivity (Wildman–Crippen MR) is 114 cm³/mol. The molecular formula is C24H44N2O. The van der Waals surface area contributed by atoms with E-state index in [0.717, 1.165) is 12.5 Å². The molecule has 1 aliphatic heterocycles. The summed E-state index contributed by atoms with van der Waals surface area (Å²) >= 11 is 0. The SMILES string of the molecule is CC(C)(C)CC1CCCC(NC(=O)C2NCCCC23CCCCCCC3)C1. The topological polar surface area (TPSA) is 41.1 Å². The zero-order valence-electron chi connectivity index (χ0n) is 18.2. The Labute approximate surface area is 167 Å². The molecule has 1 saturated heterocycles. The van der Waals surface area contributed by atoms with Gasteiger partial charge in [0.25, 0.3) is 0 Å². The summed E-state index contributed by atoms with van der Waals surface area (Å²) in [5, 5.41) is 7.17. The highest BCUT2D eigenvalue weighted by molar-refractivity contribution is 5.83. The minimum atomic E-state index is 0.0485. The maximum Gasteiger partial charge on any atom is 0.237 e. The lowest BCUT2D eigenvalue weighted by atomic mass is 9.66. The smallest absolute Gasteiger partial charge is 0.237 e. The molecule has 3 aliphatic rings. The Kier molecular flexibility index (Phi) is 7.27. The van der Waals surface area contributed by atoms with Crippen molar-refractivity contribution < 1.29 is 4.79 Å². The summed E-state index contributed by atoms with van der Waals surface area (Å²) in [5.74, 6) is 1.09. The van der Waals surface area contributed by atoms with Gasteiger partial charge in [-0.1, -0.05) is 65.7 Å². The van der Waals surface area contributed by atoms with Crippen molar-refractivity contribution >= 4 is 5.91 Å². The van der Waals surface area contributed by atoms with Gasteiger partial charge in [0, 0.05) is 6.04 Å². The van der Waals surface area contributed by atoms with E-state index < -0.39 is 0 Å². The largest absolute Gasteiger partial charge is 0.352 e. The third-order valence-electron chi connectivity index (χ3n) is 7.45. The summed E-state index contributed by atoms with van der Waals surface area (Å²) in [6, 6.07) is 0.445. The van der Waals surface area contributed by atoms with Crippen LogP contribution in [0.5, 0.6) is 0 Å². The fourth-order valence-corrected chi connectivity index (χ4v) is 6.32. The molecule has 3 fully saturated rings. The van der Waals surface area contributed by atoms with E-state index in [2.05, 4.69) is 31.4 Å². The molecule has 2 aliphatic carbocycles. The lowest BCUT2D eigenvalue weighted by Gasteiger charge is -2.46. The van der Waals surface area contributed by atoms with Crippen LogP contribution in [0.4, 0.5) is 0 Å². The summed E-state index contributed by atoms with van der Waals surface area (Å²) in [7, 11) is 0. The van der Waals surface area contributed by atoms with Crippen LogP contribution in [-0.4, -0.2) is 24.5 Å². The molecule has 3 rings (SSSR count). The van der Waals surface area contributed by atoms with Crippen molar-refractivity contribution in [2.75, 3.05) is 6.54 Å². The first-order valence-electron chi connectivity index (χ1n) is 11.9. The molecular weight excluding hydrogens is 332 g/mol. The number of piperidine rings is 1. The Hall–Kier alpha value is -0.570. The average Bonchev–Trinajstić information content (AvgIpc) is 2.57. The maximum absolute atomic E-state index is 13.4. The van der Waals surface area contributed by atoms with E-state index in [4.69, 9.17) is 0 Å². The van der Waals surface area contributed by atoms with Crippen molar-refractivity contribution in [2.24, 2.45) is 16.7 Å². The summed E-state index contributed by atoms with van der Waals surface area (Å²) in [6.07, 6.45) is 17.9. The minimum Gasteiger partial charge on any atom is -0.352 e. The van der Waals surface area contributed by atoms with Gasteiger partial charge in [-0.3, -0.25) is 4.79 Å². The molecule has 0 aromatic heterocycles. The van der Waals surface area contributed by atoms with E-state index in [0.29, 0.717) is 17.4 Å². The molecule has 0 radical (unpaired) electrons. The highest BCUT2D eigenvalue weighted by Gasteiger charge is 2.44. The van der Waals surface area contributed by atoms with Gasteiger partial charge in [0.05, 0.1) is 6.04 Å². The fourth-order valence-electron chi connectivity index (χ4n) is 6.32. The van der Waals surface area contributed by atoms with Crippen molar-refractivity contribution in [2.45, 2.75) is 123 Å². The van der Waals surface area contributed by atoms with Crippen LogP contribution in [0.3, 0.4) is 0 Å². The summed E-state index contributed by atoms with van der Waals surface area (Å²) in [4.78, 5) is 13.4. The molecule has 0 aromatic rings. The van der Waals surface area contributed by atoms with Gasteiger partial charge in [0.15, 0.2) is 0 Å². The molecule has 27 heavy (non-hydrogen) atoms. The van der Waals surface area contributed by atoms with Gasteiger partial charge in [-0.25, -0.2) is 0 Å². The Bertz CT molecular complexity index is 473. The molecule has 0 bridgehead atoms. The normalized spacial score (nSPS) is 32.5. The number of hydrogen-bond donors (Lipinski definition) is 2. The van der Waals surface area contributed by atoms with E-state index in [1.54, 1.807) is 0 Å². The third kappa shape index (κ3) is 5.95. The van der Waals surface area contributed by atoms with Crippen LogP contribution in [0.2, 0.25) is 0 Å². The summed E-state index contributed by atoms with van der Waals surface area (Å²) < 4.78 is 0. The van der Waals surface area contributed by atoms with Crippen LogP contribution in [0.15, 0.2) is 0 Å². The van der Waals surface area contributed by atoms with Gasteiger partial charge in [-0.15, -0.1) is 0 Å². The number of hydrogen-bond acceptors (Lipinski definition) is 2. The second kappa shape index (κ2) is 9.29. The van der Waals surface area contributed by atoms with Crippen LogP contribution in [-0.2, 0) is 4.79 Å². The number of amides is 1. The first-order chi connectivity index (χ1) is 12.9. The van der Waals surface area contributed by atoms with E-state index in [1.165, 1.54) is 89.9 Å². The number of nitrogens with one attached hydrogen (secondary N) is 2. The molecule has 156 valence electrons. The zero-order valence-corrected chi connectivity index (χ0v) is 18.2. The van der Waals surface area contributed by atoms with E-state index >= 15 is 0 Å². The maximum atomic E-state index is 13.4. The van der Waals surface area contributed by atoms with Crippen LogP contribution in [0.25, 0.3) is 0 Å². The van der Waals surface area contributed by atoms with E-state index in [9.17, 15) is 4.79 Å².